The largest absolute Gasteiger partial charge is 0.383 e. The molecule has 5 heteroatoms. The van der Waals surface area contributed by atoms with Crippen molar-refractivity contribution in [1.29, 1.82) is 0 Å². The van der Waals surface area contributed by atoms with E-state index in [-0.39, 0.29) is 6.04 Å². The normalized spacial score (nSPS) is 25.9. The van der Waals surface area contributed by atoms with Crippen LogP contribution in [0.3, 0.4) is 0 Å². The summed E-state index contributed by atoms with van der Waals surface area (Å²) < 4.78 is 0. The van der Waals surface area contributed by atoms with Crippen LogP contribution in [0.1, 0.15) is 44.2 Å². The van der Waals surface area contributed by atoms with Crippen LogP contribution in [-0.2, 0) is 0 Å². The first-order valence-electron chi connectivity index (χ1n) is 6.49. The van der Waals surface area contributed by atoms with Gasteiger partial charge in [0.2, 0.25) is 0 Å². The summed E-state index contributed by atoms with van der Waals surface area (Å²) in [6.45, 7) is 2.29. The number of nitrogens with one attached hydrogen (secondary N) is 1. The molecule has 3 atom stereocenters. The van der Waals surface area contributed by atoms with E-state index < -0.39 is 0 Å². The number of hydrogen-bond acceptors (Lipinski definition) is 4. The Bertz CT molecular complexity index is 410. The van der Waals surface area contributed by atoms with Crippen LogP contribution >= 0.6 is 11.6 Å². The minimum atomic E-state index is 0.0407. The molecule has 1 aromatic heterocycles. The maximum Gasteiger partial charge on any atom is 0.128 e. The van der Waals surface area contributed by atoms with Crippen LogP contribution in [0, 0.1) is 11.8 Å². The van der Waals surface area contributed by atoms with Gasteiger partial charge in [-0.1, -0.05) is 31.4 Å². The van der Waals surface area contributed by atoms with Crippen molar-refractivity contribution in [3.05, 3.63) is 22.8 Å². The molecule has 1 heterocycles. The molecular weight excluding hydrogens is 248 g/mol. The molecule has 0 radical (unpaired) electrons. The number of nitrogens with two attached hydrogens (primary N) is 2. The first-order chi connectivity index (χ1) is 8.61. The lowest BCUT2D eigenvalue weighted by molar-refractivity contribution is 0.225. The van der Waals surface area contributed by atoms with Gasteiger partial charge >= 0.3 is 0 Å². The second-order valence-corrected chi connectivity index (χ2v) is 5.74. The van der Waals surface area contributed by atoms with Gasteiger partial charge in [-0.15, -0.1) is 0 Å². The van der Waals surface area contributed by atoms with Crippen molar-refractivity contribution in [3.63, 3.8) is 0 Å². The number of nitrogen functional groups attached to an aromatic ring is 1. The number of nitrogens with zero attached hydrogens (tertiary/aromatic N) is 1. The van der Waals surface area contributed by atoms with Crippen molar-refractivity contribution >= 4 is 17.4 Å². The van der Waals surface area contributed by atoms with Gasteiger partial charge in [0, 0.05) is 11.8 Å². The Morgan fingerprint density at radius 3 is 2.94 bits per heavy atom. The van der Waals surface area contributed by atoms with Crippen LogP contribution in [0.15, 0.2) is 12.3 Å². The highest BCUT2D eigenvalue weighted by molar-refractivity contribution is 6.30. The zero-order chi connectivity index (χ0) is 13.1. The van der Waals surface area contributed by atoms with E-state index in [1.807, 2.05) is 6.07 Å². The number of anilines is 1. The van der Waals surface area contributed by atoms with Crippen LogP contribution in [0.4, 0.5) is 5.82 Å². The first-order valence-corrected chi connectivity index (χ1v) is 6.86. The summed E-state index contributed by atoms with van der Waals surface area (Å²) in [7, 11) is 0. The lowest BCUT2D eigenvalue weighted by atomic mass is 9.77. The number of halogens is 1. The molecule has 1 saturated carbocycles. The van der Waals surface area contributed by atoms with Gasteiger partial charge < -0.3 is 5.73 Å². The van der Waals surface area contributed by atoms with E-state index in [2.05, 4.69) is 17.3 Å². The third kappa shape index (κ3) is 2.94. The monoisotopic (exact) mass is 268 g/mol. The van der Waals surface area contributed by atoms with Gasteiger partial charge in [0.05, 0.1) is 11.1 Å². The topological polar surface area (TPSA) is 77.0 Å². The number of pyridine rings is 1. The molecule has 0 bridgehead atoms. The molecule has 100 valence electrons. The zero-order valence-electron chi connectivity index (χ0n) is 10.7. The van der Waals surface area contributed by atoms with E-state index in [0.29, 0.717) is 16.8 Å². The van der Waals surface area contributed by atoms with Crippen molar-refractivity contribution in [3.8, 4) is 0 Å². The lowest BCUT2D eigenvalue weighted by Gasteiger charge is -2.33. The second-order valence-electron chi connectivity index (χ2n) is 5.30. The number of hydrogen-bond donors (Lipinski definition) is 3. The number of aromatic nitrogens is 1. The van der Waals surface area contributed by atoms with Gasteiger partial charge in [0.25, 0.3) is 0 Å². The first kappa shape index (κ1) is 13.6. The summed E-state index contributed by atoms with van der Waals surface area (Å²) in [5.41, 5.74) is 9.76. The molecule has 1 aliphatic carbocycles. The molecule has 0 aromatic carbocycles. The maximum absolute atomic E-state index is 6.00. The van der Waals surface area contributed by atoms with Crippen molar-refractivity contribution in [2.45, 2.75) is 38.6 Å². The van der Waals surface area contributed by atoms with E-state index >= 15 is 0 Å². The molecule has 0 amide bonds. The van der Waals surface area contributed by atoms with Crippen LogP contribution in [0.25, 0.3) is 0 Å². The van der Waals surface area contributed by atoms with Crippen LogP contribution < -0.4 is 17.0 Å². The predicted octanol–water partition coefficient (Wildman–Crippen LogP) is 2.65. The Hall–Kier alpha value is -0.840. The van der Waals surface area contributed by atoms with Crippen molar-refractivity contribution in [2.75, 3.05) is 5.73 Å². The van der Waals surface area contributed by atoms with Gasteiger partial charge in [-0.05, 0) is 30.7 Å². The Balaban J connectivity index is 2.24. The molecule has 0 saturated heterocycles. The summed E-state index contributed by atoms with van der Waals surface area (Å²) in [6, 6.07) is 1.91. The molecule has 18 heavy (non-hydrogen) atoms. The van der Waals surface area contributed by atoms with E-state index in [1.165, 1.54) is 25.7 Å². The highest BCUT2D eigenvalue weighted by Gasteiger charge is 2.28. The van der Waals surface area contributed by atoms with E-state index in [0.717, 1.165) is 11.5 Å². The smallest absolute Gasteiger partial charge is 0.128 e. The predicted molar refractivity (Wildman–Crippen MR) is 74.8 cm³/mol. The molecule has 3 unspecified atom stereocenters. The van der Waals surface area contributed by atoms with Crippen molar-refractivity contribution < 1.29 is 0 Å². The average Bonchev–Trinajstić information content (AvgIpc) is 2.35. The third-order valence-corrected chi connectivity index (χ3v) is 4.09. The molecule has 2 rings (SSSR count). The SMILES string of the molecule is CC1CCCC(C(NN)c2cc(Cl)cnc2N)C1. The number of hydrazine groups is 1. The lowest BCUT2D eigenvalue weighted by Crippen LogP contribution is -2.36. The molecule has 0 spiro atoms. The zero-order valence-corrected chi connectivity index (χ0v) is 11.5. The fourth-order valence-electron chi connectivity index (χ4n) is 2.98. The molecule has 1 fully saturated rings. The minimum absolute atomic E-state index is 0.0407. The molecule has 1 aliphatic rings. The highest BCUT2D eigenvalue weighted by atomic mass is 35.5. The van der Waals surface area contributed by atoms with E-state index in [1.54, 1.807) is 6.20 Å². The van der Waals surface area contributed by atoms with Gasteiger partial charge in [-0.2, -0.15) is 0 Å². The van der Waals surface area contributed by atoms with Crippen molar-refractivity contribution in [2.24, 2.45) is 17.7 Å². The highest BCUT2D eigenvalue weighted by Crippen LogP contribution is 2.38. The molecule has 0 aliphatic heterocycles. The quantitative estimate of drug-likeness (QED) is 0.582. The average molecular weight is 269 g/mol. The summed E-state index contributed by atoms with van der Waals surface area (Å²) in [4.78, 5) is 4.11. The summed E-state index contributed by atoms with van der Waals surface area (Å²) in [5, 5.41) is 0.600. The second kappa shape index (κ2) is 5.87. The van der Waals surface area contributed by atoms with Crippen molar-refractivity contribution in [1.82, 2.24) is 10.4 Å². The molecule has 4 nitrogen and oxygen atoms in total. The summed E-state index contributed by atoms with van der Waals surface area (Å²) >= 11 is 6.00. The van der Waals surface area contributed by atoms with Crippen LogP contribution in [0.5, 0.6) is 0 Å². The van der Waals surface area contributed by atoms with E-state index in [9.17, 15) is 0 Å². The number of rotatable bonds is 3. The van der Waals surface area contributed by atoms with Gasteiger partial charge in [-0.25, -0.2) is 4.98 Å². The Labute approximate surface area is 113 Å². The fraction of sp³-hybridized carbons (Fsp3) is 0.615. The molecule has 1 aromatic rings. The van der Waals surface area contributed by atoms with Gasteiger partial charge in [-0.3, -0.25) is 11.3 Å². The van der Waals surface area contributed by atoms with Crippen LogP contribution in [-0.4, -0.2) is 4.98 Å². The summed E-state index contributed by atoms with van der Waals surface area (Å²) in [5.74, 6) is 7.48. The third-order valence-electron chi connectivity index (χ3n) is 3.88. The van der Waals surface area contributed by atoms with Gasteiger partial charge in [0.1, 0.15) is 5.82 Å². The standard InChI is InChI=1S/C13H21ClN4/c1-8-3-2-4-9(5-8)12(18-16)11-6-10(14)7-17-13(11)15/h6-9,12,18H,2-5,16H2,1H3,(H2,15,17). The van der Waals surface area contributed by atoms with Crippen LogP contribution in [0.2, 0.25) is 5.02 Å². The Kier molecular flexibility index (Phi) is 4.43. The fourth-order valence-corrected chi connectivity index (χ4v) is 3.14. The van der Waals surface area contributed by atoms with Gasteiger partial charge in [0.15, 0.2) is 0 Å². The molecule has 5 N–H and O–H groups in total. The Morgan fingerprint density at radius 2 is 2.28 bits per heavy atom. The minimum Gasteiger partial charge on any atom is -0.383 e. The summed E-state index contributed by atoms with van der Waals surface area (Å²) in [6.07, 6.45) is 6.46. The Morgan fingerprint density at radius 1 is 1.50 bits per heavy atom. The maximum atomic E-state index is 6.00. The molecular formula is C13H21ClN4. The van der Waals surface area contributed by atoms with E-state index in [4.69, 9.17) is 23.2 Å².